The maximum absolute atomic E-state index is 3.53. The van der Waals surface area contributed by atoms with Gasteiger partial charge >= 0.3 is 99.2 Å². The first-order valence-corrected chi connectivity index (χ1v) is 18.4. The molecule has 0 aliphatic heterocycles. The predicted molar refractivity (Wildman–Crippen MR) is 202 cm³/mol. The van der Waals surface area contributed by atoms with Crippen molar-refractivity contribution in [1.29, 1.82) is 0 Å². The van der Waals surface area contributed by atoms with Gasteiger partial charge in [0.25, 0.3) is 0 Å². The van der Waals surface area contributed by atoms with Crippen LogP contribution in [0.25, 0.3) is 11.1 Å². The molecule has 0 amide bonds. The summed E-state index contributed by atoms with van der Waals surface area (Å²) in [6.45, 7) is 24.9. The molecule has 258 valence electrons. The average Bonchev–Trinajstić information content (AvgIpc) is 3.61. The fourth-order valence-corrected chi connectivity index (χ4v) is 6.89. The van der Waals surface area contributed by atoms with E-state index in [0.717, 1.165) is 12.8 Å². The number of fused-ring (bicyclic) bond motifs is 3. The standard InChI is InChI=1S/C21H25.C13H10.C12H19.2ClH.Zr/c1-20(2,3)16-9-7-14-11-15-8-10-17(21(4,5)6)13-19(15)18(14)12-16;1-3-7-12(8-4-1)11-13-9-5-2-6-10-13;1-6-10-7-9(2)8-11(10)12(3,4)5;;;/h7,9-10,12-13H,11H2,1-6H3;1-10H;7-8H,6H2,1-5H3;2*1H;/q-1;;-1;;;+2/p-2. The summed E-state index contributed by atoms with van der Waals surface area (Å²) in [5.41, 5.74) is 16.2. The molecule has 0 saturated carbocycles. The Bertz CT molecular complexity index is 1690. The van der Waals surface area contributed by atoms with Crippen molar-refractivity contribution >= 4 is 3.21 Å². The van der Waals surface area contributed by atoms with Crippen LogP contribution >= 0.6 is 0 Å². The maximum atomic E-state index is 3.53. The van der Waals surface area contributed by atoms with E-state index in [2.05, 4.69) is 185 Å². The van der Waals surface area contributed by atoms with E-state index in [0.29, 0.717) is 5.41 Å². The fraction of sp³-hybridized carbons (Fsp3) is 0.348. The van der Waals surface area contributed by atoms with Gasteiger partial charge in [-0.25, -0.2) is 6.07 Å². The summed E-state index contributed by atoms with van der Waals surface area (Å²) in [5.74, 6) is 0. The van der Waals surface area contributed by atoms with Gasteiger partial charge in [-0.1, -0.05) is 123 Å². The summed E-state index contributed by atoms with van der Waals surface area (Å²) in [5, 5.41) is 0. The SMILES string of the molecule is CC(C)(C)c1c[c-]c2c(c1)-c1cc(C(C)(C)C)ccc1C2.CCc1[cH-]c(C)cc1C(C)(C)C.[Cl-].[Cl-].[Zr+2]=[C](c1ccccc1)c1ccccc1. The molecule has 0 saturated heterocycles. The molecule has 0 bridgehead atoms. The number of rotatable bonds is 3. The second-order valence-corrected chi connectivity index (χ2v) is 17.2. The average molecular weight is 769 g/mol. The zero-order chi connectivity index (χ0) is 34.6. The zero-order valence-electron chi connectivity index (χ0n) is 31.5. The molecule has 0 nitrogen and oxygen atoms in total. The Morgan fingerprint density at radius 3 is 1.63 bits per heavy atom. The summed E-state index contributed by atoms with van der Waals surface area (Å²) >= 11 is 1.46. The first kappa shape index (κ1) is 42.7. The van der Waals surface area contributed by atoms with Crippen molar-refractivity contribution in [1.82, 2.24) is 0 Å². The minimum absolute atomic E-state index is 0. The van der Waals surface area contributed by atoms with Crippen LogP contribution in [0.15, 0.2) is 103 Å². The Labute approximate surface area is 325 Å². The molecular weight excluding hydrogens is 715 g/mol. The summed E-state index contributed by atoms with van der Waals surface area (Å²) in [7, 11) is 0. The third kappa shape index (κ3) is 11.3. The van der Waals surface area contributed by atoms with Crippen molar-refractivity contribution in [3.05, 3.63) is 159 Å². The van der Waals surface area contributed by atoms with Crippen molar-refractivity contribution in [2.45, 2.75) is 105 Å². The van der Waals surface area contributed by atoms with Gasteiger partial charge < -0.3 is 24.8 Å². The van der Waals surface area contributed by atoms with Crippen molar-refractivity contribution in [3.63, 3.8) is 0 Å². The van der Waals surface area contributed by atoms with Gasteiger partial charge in [-0.05, 0) is 17.4 Å². The van der Waals surface area contributed by atoms with Crippen LogP contribution in [0.3, 0.4) is 0 Å². The summed E-state index contributed by atoms with van der Waals surface area (Å²) in [4.78, 5) is 0. The Balaban J connectivity index is 0.000000262. The van der Waals surface area contributed by atoms with E-state index < -0.39 is 0 Å². The molecule has 1 aliphatic carbocycles. The summed E-state index contributed by atoms with van der Waals surface area (Å²) in [6, 6.07) is 40.8. The number of hydrogen-bond donors (Lipinski definition) is 0. The molecule has 0 radical (unpaired) electrons. The number of aryl methyl sites for hydroxylation is 2. The van der Waals surface area contributed by atoms with Crippen LogP contribution in [0, 0.1) is 13.0 Å². The fourth-order valence-electron chi connectivity index (χ4n) is 6.07. The van der Waals surface area contributed by atoms with E-state index in [1.807, 2.05) is 0 Å². The van der Waals surface area contributed by atoms with Gasteiger partial charge in [0.2, 0.25) is 0 Å². The van der Waals surface area contributed by atoms with Crippen molar-refractivity contribution in [2.24, 2.45) is 0 Å². The van der Waals surface area contributed by atoms with Gasteiger partial charge in [0.15, 0.2) is 0 Å². The van der Waals surface area contributed by atoms with Crippen LogP contribution in [0.4, 0.5) is 0 Å². The van der Waals surface area contributed by atoms with E-state index in [-0.39, 0.29) is 35.6 Å². The van der Waals surface area contributed by atoms with Crippen molar-refractivity contribution in [2.75, 3.05) is 0 Å². The Hall–Kier alpha value is -2.44. The molecule has 1 aliphatic rings. The number of halogens is 2. The molecule has 3 heteroatoms. The van der Waals surface area contributed by atoms with Crippen LogP contribution < -0.4 is 24.8 Å². The molecule has 0 heterocycles. The molecule has 6 rings (SSSR count). The van der Waals surface area contributed by atoms with Gasteiger partial charge in [0.1, 0.15) is 0 Å². The van der Waals surface area contributed by atoms with Gasteiger partial charge in [-0.3, -0.25) is 0 Å². The molecule has 0 unspecified atom stereocenters. The van der Waals surface area contributed by atoms with Gasteiger partial charge in [0, 0.05) is 0 Å². The van der Waals surface area contributed by atoms with Gasteiger partial charge in [0.05, 0.1) is 0 Å². The second-order valence-electron chi connectivity index (χ2n) is 16.0. The molecule has 0 N–H and O–H groups in total. The molecule has 5 aromatic carbocycles. The molecule has 49 heavy (non-hydrogen) atoms. The Kier molecular flexibility index (Phi) is 15.4. The van der Waals surface area contributed by atoms with Crippen LogP contribution in [0.1, 0.15) is 119 Å². The van der Waals surface area contributed by atoms with E-state index in [9.17, 15) is 0 Å². The monoisotopic (exact) mass is 766 g/mol. The zero-order valence-corrected chi connectivity index (χ0v) is 35.5. The summed E-state index contributed by atoms with van der Waals surface area (Å²) < 4.78 is 1.42. The number of hydrogen-bond acceptors (Lipinski definition) is 0. The Morgan fingerprint density at radius 2 is 1.18 bits per heavy atom. The third-order valence-corrected chi connectivity index (χ3v) is 10.4. The molecule has 0 atom stereocenters. The molecule has 0 aromatic heterocycles. The normalized spacial score (nSPS) is 11.8. The molecule has 0 spiro atoms. The first-order valence-electron chi connectivity index (χ1n) is 17.1. The molecule has 5 aromatic rings. The van der Waals surface area contributed by atoms with Crippen molar-refractivity contribution < 1.29 is 49.0 Å². The summed E-state index contributed by atoms with van der Waals surface area (Å²) in [6.07, 6.45) is 2.18. The predicted octanol–water partition coefficient (Wildman–Crippen LogP) is 6.04. The van der Waals surface area contributed by atoms with Crippen LogP contribution in [0.5, 0.6) is 0 Å². The molecular formula is C46H54Cl2Zr-2. The Morgan fingerprint density at radius 1 is 0.673 bits per heavy atom. The molecule has 0 fully saturated rings. The first-order chi connectivity index (χ1) is 22.0. The minimum atomic E-state index is 0. The second kappa shape index (κ2) is 17.7. The van der Waals surface area contributed by atoms with Crippen molar-refractivity contribution in [3.8, 4) is 11.1 Å². The van der Waals surface area contributed by atoms with Crippen LogP contribution in [-0.2, 0) is 53.3 Å². The van der Waals surface area contributed by atoms with Crippen LogP contribution in [-0.4, -0.2) is 3.21 Å². The van der Waals surface area contributed by atoms with Gasteiger partial charge in [-0.2, -0.15) is 52.1 Å². The number of benzene rings is 4. The quantitative estimate of drug-likeness (QED) is 0.193. The topological polar surface area (TPSA) is 0 Å². The third-order valence-electron chi connectivity index (χ3n) is 8.96. The van der Waals surface area contributed by atoms with E-state index in [1.54, 1.807) is 0 Å². The van der Waals surface area contributed by atoms with E-state index in [1.165, 1.54) is 88.6 Å². The van der Waals surface area contributed by atoms with Crippen LogP contribution in [0.2, 0.25) is 0 Å². The van der Waals surface area contributed by atoms with E-state index in [4.69, 9.17) is 0 Å². The van der Waals surface area contributed by atoms with E-state index >= 15 is 0 Å². The van der Waals surface area contributed by atoms with Gasteiger partial charge in [-0.15, -0.1) is 5.56 Å².